The number of benzene rings is 2. The van der Waals surface area contributed by atoms with Crippen LogP contribution in [0.4, 0.5) is 0 Å². The van der Waals surface area contributed by atoms with E-state index in [1.807, 2.05) is 30.3 Å². The molecule has 0 saturated heterocycles. The molecule has 2 rings (SSSR count). The Labute approximate surface area is 124 Å². The van der Waals surface area contributed by atoms with Gasteiger partial charge < -0.3 is 15.2 Å². The van der Waals surface area contributed by atoms with Crippen LogP contribution >= 0.6 is 0 Å². The first kappa shape index (κ1) is 15.3. The minimum atomic E-state index is -0.187. The Balaban J connectivity index is 2.06. The molecule has 0 amide bonds. The largest absolute Gasteiger partial charge is 0.497 e. The summed E-state index contributed by atoms with van der Waals surface area (Å²) in [6.07, 6.45) is 1.90. The smallest absolute Gasteiger partial charge is 0.305 e. The number of fused-ring (bicyclic) bond motifs is 1. The summed E-state index contributed by atoms with van der Waals surface area (Å²) in [4.78, 5) is 11.1. The number of ether oxygens (including phenoxy) is 2. The number of carbonyl (C=O) groups is 1. The predicted octanol–water partition coefficient (Wildman–Crippen LogP) is 3.19. The van der Waals surface area contributed by atoms with E-state index in [4.69, 9.17) is 10.5 Å². The minimum absolute atomic E-state index is 0.0684. The molecule has 2 aromatic rings. The van der Waals surface area contributed by atoms with Gasteiger partial charge in [-0.1, -0.05) is 18.2 Å². The summed E-state index contributed by atoms with van der Waals surface area (Å²) in [5.41, 5.74) is 7.27. The first-order valence-electron chi connectivity index (χ1n) is 7.04. The fraction of sp³-hybridized carbons (Fsp3) is 0.353. The Hall–Kier alpha value is -2.07. The molecule has 4 nitrogen and oxygen atoms in total. The fourth-order valence-electron chi connectivity index (χ4n) is 2.33. The van der Waals surface area contributed by atoms with Gasteiger partial charge in [-0.2, -0.15) is 0 Å². The summed E-state index contributed by atoms with van der Waals surface area (Å²) in [6.45, 7) is 0. The van der Waals surface area contributed by atoms with Crippen LogP contribution in [0.1, 0.15) is 30.9 Å². The molecule has 2 N–H and O–H groups in total. The highest BCUT2D eigenvalue weighted by molar-refractivity contribution is 5.84. The molecule has 1 unspecified atom stereocenters. The van der Waals surface area contributed by atoms with Crippen LogP contribution in [0.3, 0.4) is 0 Å². The number of hydrogen-bond acceptors (Lipinski definition) is 4. The van der Waals surface area contributed by atoms with Crippen molar-refractivity contribution in [3.8, 4) is 5.75 Å². The van der Waals surface area contributed by atoms with Crippen LogP contribution in [-0.4, -0.2) is 20.2 Å². The molecule has 2 aromatic carbocycles. The Kier molecular flexibility index (Phi) is 5.17. The fourth-order valence-corrected chi connectivity index (χ4v) is 2.33. The van der Waals surface area contributed by atoms with Crippen LogP contribution in [0, 0.1) is 0 Å². The van der Waals surface area contributed by atoms with E-state index in [0.717, 1.165) is 34.9 Å². The zero-order chi connectivity index (χ0) is 15.2. The van der Waals surface area contributed by atoms with E-state index in [1.165, 1.54) is 7.11 Å². The Morgan fingerprint density at radius 2 is 1.86 bits per heavy atom. The SMILES string of the molecule is COC(=O)CCCC(N)c1ccc2cc(OC)ccc2c1. The Bertz CT molecular complexity index is 624. The molecule has 0 aliphatic carbocycles. The van der Waals surface area contributed by atoms with Crippen LogP contribution in [0.5, 0.6) is 5.75 Å². The van der Waals surface area contributed by atoms with Crippen molar-refractivity contribution in [3.05, 3.63) is 42.0 Å². The van der Waals surface area contributed by atoms with Crippen molar-refractivity contribution in [2.45, 2.75) is 25.3 Å². The van der Waals surface area contributed by atoms with E-state index in [1.54, 1.807) is 7.11 Å². The van der Waals surface area contributed by atoms with Crippen LogP contribution in [0.25, 0.3) is 10.8 Å². The van der Waals surface area contributed by atoms with Crippen molar-refractivity contribution in [1.82, 2.24) is 0 Å². The standard InChI is InChI=1S/C17H21NO3/c1-20-15-9-8-12-10-14(7-6-13(12)11-15)16(18)4-3-5-17(19)21-2/h6-11,16H,3-5,18H2,1-2H3. The van der Waals surface area contributed by atoms with Crippen LogP contribution < -0.4 is 10.5 Å². The molecule has 0 saturated carbocycles. The average Bonchev–Trinajstić information content (AvgIpc) is 2.53. The third-order valence-electron chi connectivity index (χ3n) is 3.62. The average molecular weight is 287 g/mol. The maximum atomic E-state index is 11.1. The highest BCUT2D eigenvalue weighted by Crippen LogP contribution is 2.25. The van der Waals surface area contributed by atoms with Gasteiger partial charge in [0.25, 0.3) is 0 Å². The maximum absolute atomic E-state index is 11.1. The van der Waals surface area contributed by atoms with Crippen molar-refractivity contribution in [2.75, 3.05) is 14.2 Å². The molecule has 112 valence electrons. The van der Waals surface area contributed by atoms with Gasteiger partial charge >= 0.3 is 5.97 Å². The van der Waals surface area contributed by atoms with Gasteiger partial charge in [0.05, 0.1) is 14.2 Å². The van der Waals surface area contributed by atoms with Crippen molar-refractivity contribution < 1.29 is 14.3 Å². The lowest BCUT2D eigenvalue weighted by molar-refractivity contribution is -0.140. The third kappa shape index (κ3) is 3.95. The van der Waals surface area contributed by atoms with E-state index in [0.29, 0.717) is 6.42 Å². The maximum Gasteiger partial charge on any atom is 0.305 e. The summed E-state index contributed by atoms with van der Waals surface area (Å²) in [5.74, 6) is 0.658. The van der Waals surface area contributed by atoms with Gasteiger partial charge in [0.15, 0.2) is 0 Å². The second-order valence-corrected chi connectivity index (χ2v) is 5.05. The van der Waals surface area contributed by atoms with E-state index >= 15 is 0 Å². The van der Waals surface area contributed by atoms with Gasteiger partial charge in [0, 0.05) is 12.5 Å². The molecule has 1 atom stereocenters. The summed E-state index contributed by atoms with van der Waals surface area (Å²) < 4.78 is 9.84. The Morgan fingerprint density at radius 1 is 1.14 bits per heavy atom. The normalized spacial score (nSPS) is 12.1. The van der Waals surface area contributed by atoms with Crippen molar-refractivity contribution >= 4 is 16.7 Å². The lowest BCUT2D eigenvalue weighted by Gasteiger charge is -2.13. The molecule has 0 aromatic heterocycles. The van der Waals surface area contributed by atoms with E-state index in [2.05, 4.69) is 10.8 Å². The van der Waals surface area contributed by atoms with Gasteiger partial charge in [-0.15, -0.1) is 0 Å². The summed E-state index contributed by atoms with van der Waals surface area (Å²) in [7, 11) is 3.06. The van der Waals surface area contributed by atoms with E-state index < -0.39 is 0 Å². The van der Waals surface area contributed by atoms with Gasteiger partial charge in [0.1, 0.15) is 5.75 Å². The highest BCUT2D eigenvalue weighted by atomic mass is 16.5. The number of esters is 1. The molecule has 0 radical (unpaired) electrons. The summed E-state index contributed by atoms with van der Waals surface area (Å²) >= 11 is 0. The Morgan fingerprint density at radius 3 is 2.57 bits per heavy atom. The second kappa shape index (κ2) is 7.09. The molecule has 0 heterocycles. The topological polar surface area (TPSA) is 61.5 Å². The molecule has 0 spiro atoms. The van der Waals surface area contributed by atoms with E-state index in [-0.39, 0.29) is 12.0 Å². The molecule has 21 heavy (non-hydrogen) atoms. The molecular formula is C17H21NO3. The number of hydrogen-bond donors (Lipinski definition) is 1. The number of nitrogens with two attached hydrogens (primary N) is 1. The third-order valence-corrected chi connectivity index (χ3v) is 3.62. The van der Waals surface area contributed by atoms with Gasteiger partial charge in [-0.25, -0.2) is 0 Å². The molecular weight excluding hydrogens is 266 g/mol. The number of methoxy groups -OCH3 is 2. The predicted molar refractivity (Wildman–Crippen MR) is 83.3 cm³/mol. The first-order chi connectivity index (χ1) is 10.1. The number of carbonyl (C=O) groups excluding carboxylic acids is 1. The quantitative estimate of drug-likeness (QED) is 0.829. The van der Waals surface area contributed by atoms with Crippen molar-refractivity contribution in [3.63, 3.8) is 0 Å². The monoisotopic (exact) mass is 287 g/mol. The summed E-state index contributed by atoms with van der Waals surface area (Å²) in [5, 5.41) is 2.26. The van der Waals surface area contributed by atoms with Crippen LogP contribution in [0.15, 0.2) is 36.4 Å². The van der Waals surface area contributed by atoms with Gasteiger partial charge in [-0.05, 0) is 47.4 Å². The first-order valence-corrected chi connectivity index (χ1v) is 7.04. The van der Waals surface area contributed by atoms with Gasteiger partial charge in [-0.3, -0.25) is 4.79 Å². The molecule has 0 fully saturated rings. The van der Waals surface area contributed by atoms with Crippen molar-refractivity contribution in [1.29, 1.82) is 0 Å². The summed E-state index contributed by atoms with van der Waals surface area (Å²) in [6, 6.07) is 12.1. The van der Waals surface area contributed by atoms with E-state index in [9.17, 15) is 4.79 Å². The molecule has 4 heteroatoms. The number of rotatable bonds is 6. The molecule has 0 bridgehead atoms. The molecule has 0 aliphatic rings. The second-order valence-electron chi connectivity index (χ2n) is 5.05. The lowest BCUT2D eigenvalue weighted by atomic mass is 9.98. The van der Waals surface area contributed by atoms with Gasteiger partial charge in [0.2, 0.25) is 0 Å². The van der Waals surface area contributed by atoms with Crippen molar-refractivity contribution in [2.24, 2.45) is 5.73 Å². The highest BCUT2D eigenvalue weighted by Gasteiger charge is 2.09. The lowest BCUT2D eigenvalue weighted by Crippen LogP contribution is -2.11. The van der Waals surface area contributed by atoms with Crippen LogP contribution in [-0.2, 0) is 9.53 Å². The van der Waals surface area contributed by atoms with Crippen LogP contribution in [0.2, 0.25) is 0 Å². The minimum Gasteiger partial charge on any atom is -0.497 e. The molecule has 0 aliphatic heterocycles. The zero-order valence-corrected chi connectivity index (χ0v) is 12.5. The zero-order valence-electron chi connectivity index (χ0n) is 12.5.